The van der Waals surface area contributed by atoms with Crippen LogP contribution in [0.4, 0.5) is 0 Å². The minimum atomic E-state index is 1.28. The van der Waals surface area contributed by atoms with E-state index in [1.54, 1.807) is 0 Å². The molecule has 76 valence electrons. The Morgan fingerprint density at radius 3 is 1.92 bits per heavy atom. The molecule has 0 saturated heterocycles. The van der Waals surface area contributed by atoms with Crippen LogP contribution in [0.25, 0.3) is 0 Å². The number of allylic oxidation sites excluding steroid dienone is 1. The van der Waals surface area contributed by atoms with Gasteiger partial charge in [0.2, 0.25) is 0 Å². The SMILES string of the molecule is BC=CCCCCCCCCCC. The normalized spacial score (nSPS) is 11.2. The highest BCUT2D eigenvalue weighted by atomic mass is 14.0. The van der Waals surface area contributed by atoms with Gasteiger partial charge in [0.15, 0.2) is 0 Å². The second-order valence-electron chi connectivity index (χ2n) is 3.83. The fraction of sp³-hybridized carbons (Fsp3) is 0.833. The molecule has 0 aliphatic carbocycles. The summed E-state index contributed by atoms with van der Waals surface area (Å²) in [6.07, 6.45) is 15.0. The van der Waals surface area contributed by atoms with E-state index in [-0.39, 0.29) is 0 Å². The summed E-state index contributed by atoms with van der Waals surface area (Å²) >= 11 is 0. The van der Waals surface area contributed by atoms with Crippen LogP contribution in [0.1, 0.15) is 64.7 Å². The molecule has 0 bridgehead atoms. The third-order valence-electron chi connectivity index (χ3n) is 2.46. The van der Waals surface area contributed by atoms with Crippen molar-refractivity contribution in [2.45, 2.75) is 64.7 Å². The van der Waals surface area contributed by atoms with Crippen LogP contribution < -0.4 is 0 Å². The van der Waals surface area contributed by atoms with Gasteiger partial charge >= 0.3 is 0 Å². The molecule has 1 heteroatoms. The van der Waals surface area contributed by atoms with E-state index < -0.39 is 0 Å². The summed E-state index contributed by atoms with van der Waals surface area (Å²) in [7, 11) is 2.10. The molecule has 0 aliphatic heterocycles. The Balaban J connectivity index is 2.83. The lowest BCUT2D eigenvalue weighted by molar-refractivity contribution is 0.577. The summed E-state index contributed by atoms with van der Waals surface area (Å²) in [4.78, 5) is 0. The summed E-state index contributed by atoms with van der Waals surface area (Å²) in [5.41, 5.74) is 0. The maximum Gasteiger partial charge on any atom is 0.129 e. The van der Waals surface area contributed by atoms with Crippen molar-refractivity contribution in [1.82, 2.24) is 0 Å². The van der Waals surface area contributed by atoms with E-state index in [2.05, 4.69) is 26.8 Å². The standard InChI is InChI=1S/C12H25B/c1-2-3-4-5-6-7-8-9-10-11-12-13/h11-12H,2-10,13H2,1H3. The average molecular weight is 180 g/mol. The van der Waals surface area contributed by atoms with Gasteiger partial charge in [-0.3, -0.25) is 0 Å². The zero-order chi connectivity index (χ0) is 9.78. The van der Waals surface area contributed by atoms with Crippen molar-refractivity contribution in [3.05, 3.63) is 12.1 Å². The zero-order valence-corrected chi connectivity index (χ0v) is 9.52. The molecule has 0 amide bonds. The van der Waals surface area contributed by atoms with Gasteiger partial charge in [-0.25, -0.2) is 0 Å². The van der Waals surface area contributed by atoms with Gasteiger partial charge in [-0.1, -0.05) is 57.9 Å². The van der Waals surface area contributed by atoms with E-state index in [1.165, 1.54) is 57.8 Å². The maximum atomic E-state index is 2.27. The van der Waals surface area contributed by atoms with Gasteiger partial charge in [0.05, 0.1) is 0 Å². The van der Waals surface area contributed by atoms with Crippen molar-refractivity contribution in [2.75, 3.05) is 0 Å². The van der Waals surface area contributed by atoms with Crippen molar-refractivity contribution in [2.24, 2.45) is 0 Å². The van der Waals surface area contributed by atoms with Crippen LogP contribution in [0.3, 0.4) is 0 Å². The molecule has 0 aromatic rings. The van der Waals surface area contributed by atoms with Gasteiger partial charge in [-0.2, -0.15) is 0 Å². The molecule has 0 nitrogen and oxygen atoms in total. The van der Waals surface area contributed by atoms with E-state index in [0.29, 0.717) is 0 Å². The first-order valence-electron chi connectivity index (χ1n) is 6.03. The van der Waals surface area contributed by atoms with E-state index in [9.17, 15) is 0 Å². The summed E-state index contributed by atoms with van der Waals surface area (Å²) in [5, 5.41) is 0. The summed E-state index contributed by atoms with van der Waals surface area (Å²) in [6, 6.07) is 0. The summed E-state index contributed by atoms with van der Waals surface area (Å²) in [6.45, 7) is 2.27. The molecule has 13 heavy (non-hydrogen) atoms. The highest BCUT2D eigenvalue weighted by Gasteiger charge is 1.89. The van der Waals surface area contributed by atoms with Crippen molar-refractivity contribution in [3.63, 3.8) is 0 Å². The monoisotopic (exact) mass is 180 g/mol. The molecular formula is C12H25B. The minimum absolute atomic E-state index is 1.28. The van der Waals surface area contributed by atoms with Crippen molar-refractivity contribution in [3.8, 4) is 0 Å². The largest absolute Gasteiger partial charge is 0.129 e. The molecule has 0 fully saturated rings. The molecule has 0 saturated carbocycles. The smallest absolute Gasteiger partial charge is 0.128 e. The van der Waals surface area contributed by atoms with E-state index >= 15 is 0 Å². The number of unbranched alkanes of at least 4 members (excludes halogenated alkanes) is 8. The Hall–Kier alpha value is -0.195. The number of rotatable bonds is 9. The Kier molecular flexibility index (Phi) is 11.6. The van der Waals surface area contributed by atoms with Gasteiger partial charge in [0.25, 0.3) is 0 Å². The molecule has 0 aromatic heterocycles. The van der Waals surface area contributed by atoms with Crippen molar-refractivity contribution < 1.29 is 0 Å². The van der Waals surface area contributed by atoms with Crippen LogP contribution >= 0.6 is 0 Å². The van der Waals surface area contributed by atoms with Gasteiger partial charge in [-0.05, 0) is 12.8 Å². The van der Waals surface area contributed by atoms with E-state index in [1.807, 2.05) is 0 Å². The van der Waals surface area contributed by atoms with Gasteiger partial charge in [0, 0.05) is 0 Å². The quantitative estimate of drug-likeness (QED) is 0.375. The Labute approximate surface area is 85.2 Å². The molecule has 0 heterocycles. The predicted octanol–water partition coefficient (Wildman–Crippen LogP) is 3.66. The lowest BCUT2D eigenvalue weighted by atomic mass is 10.1. The highest BCUT2D eigenvalue weighted by Crippen LogP contribution is 2.09. The van der Waals surface area contributed by atoms with Crippen LogP contribution in [0.15, 0.2) is 12.1 Å². The van der Waals surface area contributed by atoms with Crippen LogP contribution in [-0.4, -0.2) is 7.85 Å². The number of hydrogen-bond donors (Lipinski definition) is 0. The molecular weight excluding hydrogens is 155 g/mol. The van der Waals surface area contributed by atoms with E-state index in [4.69, 9.17) is 0 Å². The average Bonchev–Trinajstić information content (AvgIpc) is 2.16. The van der Waals surface area contributed by atoms with Gasteiger partial charge in [0.1, 0.15) is 7.85 Å². The summed E-state index contributed by atoms with van der Waals surface area (Å²) < 4.78 is 0. The summed E-state index contributed by atoms with van der Waals surface area (Å²) in [5.74, 6) is 2.15. The molecule has 0 rings (SSSR count). The highest BCUT2D eigenvalue weighted by molar-refractivity contribution is 6.16. The first-order valence-corrected chi connectivity index (χ1v) is 6.03. The van der Waals surface area contributed by atoms with Crippen molar-refractivity contribution in [1.29, 1.82) is 0 Å². The molecule has 0 aromatic carbocycles. The molecule has 0 aliphatic rings. The van der Waals surface area contributed by atoms with Crippen LogP contribution in [0.5, 0.6) is 0 Å². The maximum absolute atomic E-state index is 2.27. The lowest BCUT2D eigenvalue weighted by Gasteiger charge is -1.99. The molecule has 0 spiro atoms. The number of hydrogen-bond acceptors (Lipinski definition) is 0. The second-order valence-corrected chi connectivity index (χ2v) is 3.83. The fourth-order valence-electron chi connectivity index (χ4n) is 1.56. The topological polar surface area (TPSA) is 0 Å². The van der Waals surface area contributed by atoms with Crippen LogP contribution in [-0.2, 0) is 0 Å². The van der Waals surface area contributed by atoms with Crippen LogP contribution in [0.2, 0.25) is 0 Å². The van der Waals surface area contributed by atoms with Crippen molar-refractivity contribution >= 4 is 7.85 Å². The lowest BCUT2D eigenvalue weighted by Crippen LogP contribution is -1.79. The predicted molar refractivity (Wildman–Crippen MR) is 64.9 cm³/mol. The fourth-order valence-corrected chi connectivity index (χ4v) is 1.56. The first kappa shape index (κ1) is 12.8. The molecule has 0 radical (unpaired) electrons. The molecule has 0 atom stereocenters. The minimum Gasteiger partial charge on any atom is -0.128 e. The van der Waals surface area contributed by atoms with Crippen LogP contribution in [0, 0.1) is 0 Å². The Morgan fingerprint density at radius 1 is 0.846 bits per heavy atom. The third-order valence-corrected chi connectivity index (χ3v) is 2.46. The third kappa shape index (κ3) is 11.8. The second kappa shape index (κ2) is 11.8. The Bertz CT molecular complexity index is 108. The van der Waals surface area contributed by atoms with E-state index in [0.717, 1.165) is 0 Å². The van der Waals surface area contributed by atoms with Gasteiger partial charge in [-0.15, -0.1) is 5.98 Å². The molecule has 0 N–H and O–H groups in total. The Morgan fingerprint density at radius 2 is 1.38 bits per heavy atom. The first-order chi connectivity index (χ1) is 6.41. The van der Waals surface area contributed by atoms with Gasteiger partial charge < -0.3 is 0 Å². The molecule has 0 unspecified atom stereocenters. The zero-order valence-electron chi connectivity index (χ0n) is 9.52.